The molecule has 38 heavy (non-hydrogen) atoms. The summed E-state index contributed by atoms with van der Waals surface area (Å²) in [5.74, 6) is -2.94. The van der Waals surface area contributed by atoms with Crippen LogP contribution in [-0.4, -0.2) is 34.0 Å². The molecule has 0 bridgehead atoms. The predicted octanol–water partition coefficient (Wildman–Crippen LogP) is 5.00. The Morgan fingerprint density at radius 3 is 2.42 bits per heavy atom. The molecule has 0 saturated heterocycles. The van der Waals surface area contributed by atoms with Gasteiger partial charge in [-0.1, -0.05) is 17.7 Å². The smallest absolute Gasteiger partial charge is 0.274 e. The third-order valence-electron chi connectivity index (χ3n) is 6.84. The van der Waals surface area contributed by atoms with E-state index in [1.54, 1.807) is 27.0 Å². The summed E-state index contributed by atoms with van der Waals surface area (Å²) in [5, 5.41) is 3.63. The third-order valence-corrected chi connectivity index (χ3v) is 8.33. The van der Waals surface area contributed by atoms with E-state index in [9.17, 15) is 17.6 Å². The number of aromatic nitrogens is 4. The molecule has 0 unspecified atom stereocenters. The topological polar surface area (TPSA) is 86.8 Å². The summed E-state index contributed by atoms with van der Waals surface area (Å²) in [7, 11) is -2.29. The van der Waals surface area contributed by atoms with Crippen LogP contribution in [0.1, 0.15) is 40.8 Å². The van der Waals surface area contributed by atoms with Crippen molar-refractivity contribution in [2.75, 3.05) is 6.26 Å². The van der Waals surface area contributed by atoms with Gasteiger partial charge in [-0.2, -0.15) is 4.39 Å². The molecule has 198 valence electrons. The molecule has 12 heteroatoms. The highest BCUT2D eigenvalue weighted by Crippen LogP contribution is 2.55. The number of benzene rings is 1. The molecule has 0 spiro atoms. The molecule has 2 atom stereocenters. The molecular weight excluding hydrogens is 541 g/mol. The van der Waals surface area contributed by atoms with Gasteiger partial charge in [0.05, 0.1) is 5.69 Å². The van der Waals surface area contributed by atoms with E-state index in [4.69, 9.17) is 11.6 Å². The van der Waals surface area contributed by atoms with Crippen LogP contribution in [0.2, 0.25) is 5.02 Å². The van der Waals surface area contributed by atoms with Crippen LogP contribution in [0.3, 0.4) is 0 Å². The fourth-order valence-electron chi connectivity index (χ4n) is 4.95. The average molecular weight is 563 g/mol. The first-order valence-electron chi connectivity index (χ1n) is 11.6. The molecule has 3 heterocycles. The molecular formula is C26H22ClF3N4O3S. The minimum atomic E-state index is -3.92. The third kappa shape index (κ3) is 4.23. The van der Waals surface area contributed by atoms with Crippen molar-refractivity contribution in [1.29, 1.82) is 0 Å². The highest BCUT2D eigenvalue weighted by Gasteiger charge is 2.43. The highest BCUT2D eigenvalue weighted by molar-refractivity contribution is 7.90. The van der Waals surface area contributed by atoms with Gasteiger partial charge in [-0.05, 0) is 55.5 Å². The van der Waals surface area contributed by atoms with Crippen LogP contribution in [-0.2, 0) is 16.9 Å². The maximum absolute atomic E-state index is 16.0. The zero-order valence-corrected chi connectivity index (χ0v) is 22.3. The first-order valence-corrected chi connectivity index (χ1v) is 13.8. The van der Waals surface area contributed by atoms with Crippen LogP contribution in [0.4, 0.5) is 13.2 Å². The number of aryl methyl sites for hydroxylation is 3. The lowest BCUT2D eigenvalue weighted by Crippen LogP contribution is -2.24. The van der Waals surface area contributed by atoms with Gasteiger partial charge in [0.1, 0.15) is 15.6 Å². The van der Waals surface area contributed by atoms with Gasteiger partial charge in [0.15, 0.2) is 21.5 Å². The Bertz CT molecular complexity index is 1800. The van der Waals surface area contributed by atoms with Crippen LogP contribution in [0.25, 0.3) is 16.9 Å². The van der Waals surface area contributed by atoms with Crippen LogP contribution in [0.15, 0.2) is 46.2 Å². The molecule has 0 amide bonds. The van der Waals surface area contributed by atoms with E-state index in [1.165, 1.54) is 29.1 Å². The maximum Gasteiger partial charge on any atom is 0.274 e. The van der Waals surface area contributed by atoms with E-state index in [0.29, 0.717) is 23.4 Å². The summed E-state index contributed by atoms with van der Waals surface area (Å²) in [6, 6.07) is 6.62. The quantitative estimate of drug-likeness (QED) is 0.342. The summed E-state index contributed by atoms with van der Waals surface area (Å²) in [5.41, 5.74) is 0.269. The Hall–Kier alpha value is -3.44. The summed E-state index contributed by atoms with van der Waals surface area (Å²) < 4.78 is 71.2. The van der Waals surface area contributed by atoms with E-state index in [0.717, 1.165) is 16.9 Å². The molecule has 1 aliphatic rings. The molecule has 1 aliphatic carbocycles. The normalized spacial score (nSPS) is 17.2. The lowest BCUT2D eigenvalue weighted by Gasteiger charge is -2.18. The van der Waals surface area contributed by atoms with Crippen LogP contribution < -0.4 is 5.56 Å². The molecule has 1 fully saturated rings. The minimum absolute atomic E-state index is 0.0692. The lowest BCUT2D eigenvalue weighted by atomic mass is 10.1. The summed E-state index contributed by atoms with van der Waals surface area (Å²) >= 11 is 6.52. The lowest BCUT2D eigenvalue weighted by molar-refractivity contribution is 0.550. The number of halogens is 4. The van der Waals surface area contributed by atoms with Gasteiger partial charge in [0.25, 0.3) is 5.56 Å². The molecule has 1 saturated carbocycles. The Kier molecular flexibility index (Phi) is 6.26. The number of hydrogen-bond donors (Lipinski definition) is 0. The Morgan fingerprint density at radius 2 is 1.79 bits per heavy atom. The van der Waals surface area contributed by atoms with Crippen molar-refractivity contribution in [1.82, 2.24) is 19.3 Å². The van der Waals surface area contributed by atoms with Gasteiger partial charge in [0.2, 0.25) is 5.95 Å². The van der Waals surface area contributed by atoms with E-state index >= 15 is 8.78 Å². The molecule has 5 rings (SSSR count). The monoisotopic (exact) mass is 562 g/mol. The molecule has 4 aromatic rings. The number of nitrogens with zero attached hydrogens (tertiary/aromatic N) is 4. The van der Waals surface area contributed by atoms with Gasteiger partial charge in [-0.15, -0.1) is 5.10 Å². The van der Waals surface area contributed by atoms with E-state index in [-0.39, 0.29) is 33.7 Å². The summed E-state index contributed by atoms with van der Waals surface area (Å²) in [6.45, 7) is 3.16. The Balaban J connectivity index is 1.63. The highest BCUT2D eigenvalue weighted by atomic mass is 35.5. The van der Waals surface area contributed by atoms with E-state index < -0.39 is 43.6 Å². The van der Waals surface area contributed by atoms with Crippen molar-refractivity contribution in [2.24, 2.45) is 7.05 Å². The Morgan fingerprint density at radius 1 is 1.08 bits per heavy atom. The van der Waals surface area contributed by atoms with Crippen molar-refractivity contribution >= 4 is 21.4 Å². The standard InChI is InChI=1S/C26H22ClF3N4O3S/c1-12-11-31-24(14-6-5-7-19(22(14)29)38(4,36)37)23(30)25(12)34-13(2)8-17(21(27)26(34)35)15-9-16(15)18-10-20(28)32-33(18)3/h5-8,10-11,15-16H,9H2,1-4H3/t15-,16-/m0/s1. The van der Waals surface area contributed by atoms with Crippen LogP contribution in [0, 0.1) is 31.4 Å². The SMILES string of the molecule is Cc1cnc(-c2cccc(S(C)(=O)=O)c2F)c(F)c1-n1c(C)cc([C@H]2C[C@@H]2c2cc(F)nn2C)c(Cl)c1=O. The van der Waals surface area contributed by atoms with Gasteiger partial charge in [-0.3, -0.25) is 19.0 Å². The fraction of sp³-hybridized carbons (Fsp3) is 0.269. The van der Waals surface area contributed by atoms with Gasteiger partial charge >= 0.3 is 0 Å². The first kappa shape index (κ1) is 26.2. The molecule has 7 nitrogen and oxygen atoms in total. The molecule has 3 aromatic heterocycles. The summed E-state index contributed by atoms with van der Waals surface area (Å²) in [4.78, 5) is 16.9. The average Bonchev–Trinajstić information content (AvgIpc) is 3.54. The van der Waals surface area contributed by atoms with Gasteiger partial charge in [0, 0.05) is 48.4 Å². The van der Waals surface area contributed by atoms with Crippen LogP contribution >= 0.6 is 11.6 Å². The van der Waals surface area contributed by atoms with Crippen molar-refractivity contribution < 1.29 is 21.6 Å². The predicted molar refractivity (Wildman–Crippen MR) is 136 cm³/mol. The zero-order valence-electron chi connectivity index (χ0n) is 20.8. The van der Waals surface area contributed by atoms with Crippen LogP contribution in [0.5, 0.6) is 0 Å². The Labute approximate surface area is 221 Å². The molecule has 0 N–H and O–H groups in total. The van der Waals surface area contributed by atoms with E-state index in [2.05, 4.69) is 10.1 Å². The van der Waals surface area contributed by atoms with E-state index in [1.807, 2.05) is 0 Å². The molecule has 0 radical (unpaired) electrons. The molecule has 0 aliphatic heterocycles. The van der Waals surface area contributed by atoms with Gasteiger partial charge in [-0.25, -0.2) is 17.2 Å². The van der Waals surface area contributed by atoms with Gasteiger partial charge < -0.3 is 0 Å². The number of rotatable bonds is 5. The zero-order chi connectivity index (χ0) is 27.7. The first-order chi connectivity index (χ1) is 17.8. The minimum Gasteiger partial charge on any atom is -0.277 e. The second-order valence-electron chi connectivity index (χ2n) is 9.50. The number of sulfone groups is 1. The molecule has 1 aromatic carbocycles. The maximum atomic E-state index is 16.0. The van der Waals surface area contributed by atoms with Crippen molar-refractivity contribution in [3.05, 3.63) is 92.0 Å². The summed E-state index contributed by atoms with van der Waals surface area (Å²) in [6.07, 6.45) is 2.77. The van der Waals surface area contributed by atoms with Crippen molar-refractivity contribution in [3.8, 4) is 16.9 Å². The second-order valence-corrected chi connectivity index (χ2v) is 11.9. The van der Waals surface area contributed by atoms with Crippen molar-refractivity contribution in [2.45, 2.75) is 37.0 Å². The largest absolute Gasteiger partial charge is 0.277 e. The second kappa shape index (κ2) is 9.09. The fourth-order valence-corrected chi connectivity index (χ4v) is 5.99. The number of pyridine rings is 2. The number of hydrogen-bond acceptors (Lipinski definition) is 5. The van der Waals surface area contributed by atoms with Crippen molar-refractivity contribution in [3.63, 3.8) is 0 Å².